The molecule has 3 heteroatoms. The standard InChI is InChI=1S/C10H12N2O/c1-3-8-13-10-7-5-6-9(12-10)11-4-2/h1,5-7H,4,8H2,2H3,(H,11,12). The summed E-state index contributed by atoms with van der Waals surface area (Å²) < 4.78 is 5.15. The molecule has 0 saturated heterocycles. The van der Waals surface area contributed by atoms with E-state index >= 15 is 0 Å². The Hall–Kier alpha value is -1.69. The quantitative estimate of drug-likeness (QED) is 0.706. The van der Waals surface area contributed by atoms with Crippen molar-refractivity contribution >= 4 is 5.82 Å². The van der Waals surface area contributed by atoms with Crippen LogP contribution in [-0.4, -0.2) is 18.1 Å². The molecule has 0 radical (unpaired) electrons. The van der Waals surface area contributed by atoms with E-state index in [-0.39, 0.29) is 6.61 Å². The first-order valence-electron chi connectivity index (χ1n) is 4.14. The van der Waals surface area contributed by atoms with Crippen LogP contribution in [0.25, 0.3) is 0 Å². The summed E-state index contributed by atoms with van der Waals surface area (Å²) in [5.41, 5.74) is 0. The molecule has 68 valence electrons. The zero-order valence-corrected chi connectivity index (χ0v) is 7.58. The van der Waals surface area contributed by atoms with Gasteiger partial charge in [-0.2, -0.15) is 4.98 Å². The highest BCUT2D eigenvalue weighted by Crippen LogP contribution is 2.10. The van der Waals surface area contributed by atoms with Crippen molar-refractivity contribution in [3.63, 3.8) is 0 Å². The Kier molecular flexibility index (Phi) is 3.65. The van der Waals surface area contributed by atoms with E-state index < -0.39 is 0 Å². The second kappa shape index (κ2) is 5.04. The average molecular weight is 176 g/mol. The Morgan fingerprint density at radius 1 is 1.62 bits per heavy atom. The molecule has 13 heavy (non-hydrogen) atoms. The first-order chi connectivity index (χ1) is 6.36. The van der Waals surface area contributed by atoms with E-state index in [1.807, 2.05) is 19.1 Å². The van der Waals surface area contributed by atoms with Crippen LogP contribution in [0.3, 0.4) is 0 Å². The minimum Gasteiger partial charge on any atom is -0.464 e. The number of pyridine rings is 1. The minimum absolute atomic E-state index is 0.253. The lowest BCUT2D eigenvalue weighted by Gasteiger charge is -2.04. The Morgan fingerprint density at radius 3 is 3.15 bits per heavy atom. The second-order valence-electron chi connectivity index (χ2n) is 2.38. The van der Waals surface area contributed by atoms with Crippen LogP contribution in [0.1, 0.15) is 6.92 Å². The fourth-order valence-electron chi connectivity index (χ4n) is 0.890. The largest absolute Gasteiger partial charge is 0.464 e. The van der Waals surface area contributed by atoms with Gasteiger partial charge in [-0.1, -0.05) is 12.0 Å². The first-order valence-corrected chi connectivity index (χ1v) is 4.14. The average Bonchev–Trinajstić information content (AvgIpc) is 2.16. The second-order valence-corrected chi connectivity index (χ2v) is 2.38. The van der Waals surface area contributed by atoms with E-state index in [1.54, 1.807) is 6.07 Å². The van der Waals surface area contributed by atoms with Crippen molar-refractivity contribution in [1.29, 1.82) is 0 Å². The van der Waals surface area contributed by atoms with Gasteiger partial charge in [0.05, 0.1) is 0 Å². The molecule has 0 unspecified atom stereocenters. The van der Waals surface area contributed by atoms with Crippen LogP contribution < -0.4 is 10.1 Å². The molecule has 0 atom stereocenters. The number of terminal acetylenes is 1. The number of hydrogen-bond acceptors (Lipinski definition) is 3. The summed E-state index contributed by atoms with van der Waals surface area (Å²) >= 11 is 0. The van der Waals surface area contributed by atoms with Gasteiger partial charge in [-0.25, -0.2) is 0 Å². The normalized spacial score (nSPS) is 8.92. The molecule has 0 spiro atoms. The summed E-state index contributed by atoms with van der Waals surface area (Å²) in [5.74, 6) is 3.74. The third-order valence-electron chi connectivity index (χ3n) is 1.38. The number of hydrogen-bond donors (Lipinski definition) is 1. The maximum Gasteiger partial charge on any atom is 0.216 e. The number of nitrogens with one attached hydrogen (secondary N) is 1. The molecule has 0 aliphatic rings. The van der Waals surface area contributed by atoms with Crippen molar-refractivity contribution in [1.82, 2.24) is 4.98 Å². The molecule has 1 N–H and O–H groups in total. The first kappa shape index (κ1) is 9.40. The minimum atomic E-state index is 0.253. The van der Waals surface area contributed by atoms with Gasteiger partial charge in [0.1, 0.15) is 5.82 Å². The summed E-state index contributed by atoms with van der Waals surface area (Å²) in [5, 5.41) is 3.08. The summed E-state index contributed by atoms with van der Waals surface area (Å²) in [6, 6.07) is 5.53. The molecule has 0 saturated carbocycles. The zero-order valence-electron chi connectivity index (χ0n) is 7.58. The number of anilines is 1. The fraction of sp³-hybridized carbons (Fsp3) is 0.300. The van der Waals surface area contributed by atoms with Crippen LogP contribution in [0, 0.1) is 12.3 Å². The fourth-order valence-corrected chi connectivity index (χ4v) is 0.890. The molecule has 0 aromatic carbocycles. The van der Waals surface area contributed by atoms with Gasteiger partial charge in [-0.05, 0) is 13.0 Å². The van der Waals surface area contributed by atoms with Gasteiger partial charge in [-0.15, -0.1) is 6.42 Å². The molecule has 3 nitrogen and oxygen atoms in total. The molecule has 1 heterocycles. The third-order valence-corrected chi connectivity index (χ3v) is 1.38. The highest BCUT2D eigenvalue weighted by molar-refractivity contribution is 5.36. The van der Waals surface area contributed by atoms with Gasteiger partial charge in [0.25, 0.3) is 0 Å². The molecular weight excluding hydrogens is 164 g/mol. The van der Waals surface area contributed by atoms with E-state index in [0.717, 1.165) is 12.4 Å². The number of rotatable bonds is 4. The Balaban J connectivity index is 2.63. The van der Waals surface area contributed by atoms with Gasteiger partial charge in [0.2, 0.25) is 5.88 Å². The van der Waals surface area contributed by atoms with Gasteiger partial charge in [0.15, 0.2) is 6.61 Å². The van der Waals surface area contributed by atoms with Crippen molar-refractivity contribution < 1.29 is 4.74 Å². The SMILES string of the molecule is C#CCOc1cccc(NCC)n1. The zero-order chi connectivity index (χ0) is 9.52. The van der Waals surface area contributed by atoms with Crippen molar-refractivity contribution in [2.75, 3.05) is 18.5 Å². The molecule has 0 amide bonds. The van der Waals surface area contributed by atoms with Gasteiger partial charge in [0, 0.05) is 12.6 Å². The maximum atomic E-state index is 5.15. The molecule has 1 rings (SSSR count). The van der Waals surface area contributed by atoms with Crippen molar-refractivity contribution in [2.24, 2.45) is 0 Å². The third kappa shape index (κ3) is 3.04. The predicted octanol–water partition coefficient (Wildman–Crippen LogP) is 1.53. The predicted molar refractivity (Wildman–Crippen MR) is 52.7 cm³/mol. The number of aromatic nitrogens is 1. The Bertz CT molecular complexity index is 304. The molecule has 1 aromatic rings. The summed E-state index contributed by atoms with van der Waals surface area (Å²) in [6.07, 6.45) is 5.05. The van der Waals surface area contributed by atoms with E-state index in [0.29, 0.717) is 5.88 Å². The Morgan fingerprint density at radius 2 is 2.46 bits per heavy atom. The molecule has 1 aromatic heterocycles. The lowest BCUT2D eigenvalue weighted by atomic mass is 10.4. The monoisotopic (exact) mass is 176 g/mol. The molecule has 0 bridgehead atoms. The summed E-state index contributed by atoms with van der Waals surface area (Å²) in [6.45, 7) is 3.10. The topological polar surface area (TPSA) is 34.1 Å². The van der Waals surface area contributed by atoms with Crippen molar-refractivity contribution in [2.45, 2.75) is 6.92 Å². The van der Waals surface area contributed by atoms with Crippen LogP contribution in [0.2, 0.25) is 0 Å². The van der Waals surface area contributed by atoms with Crippen LogP contribution in [-0.2, 0) is 0 Å². The van der Waals surface area contributed by atoms with E-state index in [1.165, 1.54) is 0 Å². The number of ether oxygens (including phenoxy) is 1. The van der Waals surface area contributed by atoms with Crippen LogP contribution in [0.4, 0.5) is 5.82 Å². The maximum absolute atomic E-state index is 5.15. The molecule has 0 aliphatic heterocycles. The smallest absolute Gasteiger partial charge is 0.216 e. The van der Waals surface area contributed by atoms with Crippen LogP contribution >= 0.6 is 0 Å². The summed E-state index contributed by atoms with van der Waals surface area (Å²) in [7, 11) is 0. The number of nitrogens with zero attached hydrogens (tertiary/aromatic N) is 1. The van der Waals surface area contributed by atoms with Gasteiger partial charge < -0.3 is 10.1 Å². The summed E-state index contributed by atoms with van der Waals surface area (Å²) in [4.78, 5) is 4.17. The lowest BCUT2D eigenvalue weighted by molar-refractivity contribution is 0.356. The van der Waals surface area contributed by atoms with Crippen LogP contribution in [0.15, 0.2) is 18.2 Å². The molecular formula is C10H12N2O. The van der Waals surface area contributed by atoms with Crippen LogP contribution in [0.5, 0.6) is 5.88 Å². The van der Waals surface area contributed by atoms with Crippen molar-refractivity contribution in [3.8, 4) is 18.2 Å². The lowest BCUT2D eigenvalue weighted by Crippen LogP contribution is -2.01. The van der Waals surface area contributed by atoms with Gasteiger partial charge in [-0.3, -0.25) is 0 Å². The van der Waals surface area contributed by atoms with E-state index in [2.05, 4.69) is 16.2 Å². The highest BCUT2D eigenvalue weighted by Gasteiger charge is 1.95. The van der Waals surface area contributed by atoms with Crippen molar-refractivity contribution in [3.05, 3.63) is 18.2 Å². The van der Waals surface area contributed by atoms with E-state index in [4.69, 9.17) is 11.2 Å². The highest BCUT2D eigenvalue weighted by atomic mass is 16.5. The molecule has 0 fully saturated rings. The van der Waals surface area contributed by atoms with E-state index in [9.17, 15) is 0 Å². The molecule has 0 aliphatic carbocycles. The Labute approximate surface area is 78.1 Å². The van der Waals surface area contributed by atoms with Gasteiger partial charge >= 0.3 is 0 Å².